The molecule has 0 rings (SSSR count). The maximum Gasteiger partial charge on any atom is 0.311 e. The molecule has 17 heavy (non-hydrogen) atoms. The number of alkyl halides is 1. The molecule has 0 saturated heterocycles. The SMILES string of the molecule is CC(=O)NCCOC(=O)C(C)(C)CC(C)(C)F. The van der Waals surface area contributed by atoms with E-state index in [4.69, 9.17) is 4.74 Å². The summed E-state index contributed by atoms with van der Waals surface area (Å²) in [6.07, 6.45) is 0.0962. The minimum atomic E-state index is -1.42. The van der Waals surface area contributed by atoms with E-state index in [2.05, 4.69) is 5.32 Å². The largest absolute Gasteiger partial charge is 0.463 e. The topological polar surface area (TPSA) is 55.4 Å². The predicted molar refractivity (Wildman–Crippen MR) is 63.2 cm³/mol. The van der Waals surface area contributed by atoms with E-state index in [9.17, 15) is 14.0 Å². The predicted octanol–water partition coefficient (Wildman–Crippen LogP) is 1.83. The normalized spacial score (nSPS) is 12.1. The lowest BCUT2D eigenvalue weighted by Crippen LogP contribution is -2.35. The Bertz CT molecular complexity index is 282. The summed E-state index contributed by atoms with van der Waals surface area (Å²) in [7, 11) is 0. The van der Waals surface area contributed by atoms with Crippen LogP contribution < -0.4 is 5.32 Å². The number of halogens is 1. The average Bonchev–Trinajstić information content (AvgIpc) is 2.07. The lowest BCUT2D eigenvalue weighted by atomic mass is 9.83. The van der Waals surface area contributed by atoms with Crippen LogP contribution in [0, 0.1) is 5.41 Å². The van der Waals surface area contributed by atoms with E-state index in [1.54, 1.807) is 13.8 Å². The van der Waals surface area contributed by atoms with Crippen LogP contribution in [0.4, 0.5) is 4.39 Å². The maximum absolute atomic E-state index is 13.5. The Morgan fingerprint density at radius 2 is 1.76 bits per heavy atom. The van der Waals surface area contributed by atoms with Crippen LogP contribution in [-0.2, 0) is 14.3 Å². The van der Waals surface area contributed by atoms with Crippen molar-refractivity contribution in [1.82, 2.24) is 5.32 Å². The summed E-state index contributed by atoms with van der Waals surface area (Å²) in [5.41, 5.74) is -2.28. The Hall–Kier alpha value is -1.13. The van der Waals surface area contributed by atoms with E-state index >= 15 is 0 Å². The molecular weight excluding hydrogens is 225 g/mol. The molecule has 0 aromatic heterocycles. The van der Waals surface area contributed by atoms with Crippen LogP contribution in [0.15, 0.2) is 0 Å². The molecule has 0 bridgehead atoms. The maximum atomic E-state index is 13.5. The first-order chi connectivity index (χ1) is 7.54. The summed E-state index contributed by atoms with van der Waals surface area (Å²) in [5, 5.41) is 2.51. The molecule has 0 aromatic rings. The van der Waals surface area contributed by atoms with Crippen molar-refractivity contribution >= 4 is 11.9 Å². The second-order valence-corrected chi connectivity index (χ2v) is 5.40. The molecule has 100 valence electrons. The smallest absolute Gasteiger partial charge is 0.311 e. The van der Waals surface area contributed by atoms with Crippen LogP contribution in [0.3, 0.4) is 0 Å². The Labute approximate surface area is 102 Å². The highest BCUT2D eigenvalue weighted by Gasteiger charge is 2.36. The van der Waals surface area contributed by atoms with E-state index in [-0.39, 0.29) is 25.5 Å². The lowest BCUT2D eigenvalue weighted by molar-refractivity contribution is -0.156. The number of rotatable bonds is 6. The molecule has 0 atom stereocenters. The van der Waals surface area contributed by atoms with Crippen LogP contribution >= 0.6 is 0 Å². The molecule has 0 aromatic carbocycles. The van der Waals surface area contributed by atoms with Gasteiger partial charge in [0, 0.05) is 6.92 Å². The van der Waals surface area contributed by atoms with Gasteiger partial charge in [-0.25, -0.2) is 4.39 Å². The van der Waals surface area contributed by atoms with Crippen molar-refractivity contribution < 1.29 is 18.7 Å². The zero-order valence-electron chi connectivity index (χ0n) is 11.2. The van der Waals surface area contributed by atoms with E-state index in [1.807, 2.05) is 0 Å². The summed E-state index contributed by atoms with van der Waals surface area (Å²) in [6.45, 7) is 7.92. The van der Waals surface area contributed by atoms with E-state index in [1.165, 1.54) is 20.8 Å². The molecule has 0 saturated carbocycles. The van der Waals surface area contributed by atoms with Gasteiger partial charge in [-0.05, 0) is 34.1 Å². The minimum absolute atomic E-state index is 0.0962. The van der Waals surface area contributed by atoms with Gasteiger partial charge in [-0.3, -0.25) is 9.59 Å². The number of nitrogens with one attached hydrogen (secondary N) is 1. The van der Waals surface area contributed by atoms with Gasteiger partial charge in [0.25, 0.3) is 0 Å². The summed E-state index contributed by atoms with van der Waals surface area (Å²) in [6, 6.07) is 0. The van der Waals surface area contributed by atoms with Crippen molar-refractivity contribution in [1.29, 1.82) is 0 Å². The van der Waals surface area contributed by atoms with Gasteiger partial charge in [-0.1, -0.05) is 0 Å². The zero-order chi connectivity index (χ0) is 13.7. The third-order valence-corrected chi connectivity index (χ3v) is 2.12. The number of ether oxygens (including phenoxy) is 1. The quantitative estimate of drug-likeness (QED) is 0.575. The van der Waals surface area contributed by atoms with Gasteiger partial charge in [0.15, 0.2) is 0 Å². The van der Waals surface area contributed by atoms with Crippen LogP contribution in [0.25, 0.3) is 0 Å². The second kappa shape index (κ2) is 5.98. The molecule has 5 heteroatoms. The number of hydrogen-bond acceptors (Lipinski definition) is 3. The van der Waals surface area contributed by atoms with Crippen LogP contribution in [0.5, 0.6) is 0 Å². The fourth-order valence-electron chi connectivity index (χ4n) is 1.69. The molecule has 0 spiro atoms. The standard InChI is InChI=1S/C12H22FNO3/c1-9(15)14-6-7-17-10(16)11(2,3)8-12(4,5)13/h6-8H2,1-5H3,(H,14,15). The van der Waals surface area contributed by atoms with E-state index in [0.717, 1.165) is 0 Å². The number of amides is 1. The molecule has 0 heterocycles. The van der Waals surface area contributed by atoms with Gasteiger partial charge in [0.1, 0.15) is 12.3 Å². The fraction of sp³-hybridized carbons (Fsp3) is 0.833. The molecule has 0 unspecified atom stereocenters. The lowest BCUT2D eigenvalue weighted by Gasteiger charge is -2.27. The summed E-state index contributed by atoms with van der Waals surface area (Å²) in [4.78, 5) is 22.3. The molecule has 0 aliphatic heterocycles. The number of carbonyl (C=O) groups excluding carboxylic acids is 2. The zero-order valence-corrected chi connectivity index (χ0v) is 11.2. The molecule has 0 radical (unpaired) electrons. The summed E-state index contributed by atoms with van der Waals surface area (Å²) >= 11 is 0. The molecule has 1 amide bonds. The van der Waals surface area contributed by atoms with Gasteiger partial charge in [-0.2, -0.15) is 0 Å². The number of esters is 1. The molecule has 0 aliphatic carbocycles. The van der Waals surface area contributed by atoms with Crippen molar-refractivity contribution in [3.63, 3.8) is 0 Å². The summed E-state index contributed by atoms with van der Waals surface area (Å²) in [5.74, 6) is -0.626. The highest BCUT2D eigenvalue weighted by Crippen LogP contribution is 2.31. The van der Waals surface area contributed by atoms with Crippen LogP contribution in [-0.4, -0.2) is 30.7 Å². The Morgan fingerprint density at radius 1 is 1.24 bits per heavy atom. The van der Waals surface area contributed by atoms with Gasteiger partial charge < -0.3 is 10.1 Å². The van der Waals surface area contributed by atoms with Crippen molar-refractivity contribution in [2.45, 2.75) is 46.7 Å². The third kappa shape index (κ3) is 7.71. The van der Waals surface area contributed by atoms with E-state index < -0.39 is 17.1 Å². The monoisotopic (exact) mass is 247 g/mol. The molecule has 0 aliphatic rings. The van der Waals surface area contributed by atoms with Crippen LogP contribution in [0.1, 0.15) is 41.0 Å². The molecular formula is C12H22FNO3. The first-order valence-electron chi connectivity index (χ1n) is 5.65. The number of carbonyl (C=O) groups is 2. The first-order valence-corrected chi connectivity index (χ1v) is 5.65. The summed E-state index contributed by atoms with van der Waals surface area (Å²) < 4.78 is 18.5. The van der Waals surface area contributed by atoms with Crippen molar-refractivity contribution in [3.8, 4) is 0 Å². The third-order valence-electron chi connectivity index (χ3n) is 2.12. The van der Waals surface area contributed by atoms with Crippen LogP contribution in [0.2, 0.25) is 0 Å². The van der Waals surface area contributed by atoms with Crippen molar-refractivity contribution in [2.75, 3.05) is 13.2 Å². The van der Waals surface area contributed by atoms with E-state index in [0.29, 0.717) is 0 Å². The molecule has 0 fully saturated rings. The molecule has 4 nitrogen and oxygen atoms in total. The Morgan fingerprint density at radius 3 is 2.18 bits per heavy atom. The fourth-order valence-corrected chi connectivity index (χ4v) is 1.69. The highest BCUT2D eigenvalue weighted by molar-refractivity contribution is 5.76. The molecule has 1 N–H and O–H groups in total. The van der Waals surface area contributed by atoms with Gasteiger partial charge in [-0.15, -0.1) is 0 Å². The average molecular weight is 247 g/mol. The highest BCUT2D eigenvalue weighted by atomic mass is 19.1. The number of hydrogen-bond donors (Lipinski definition) is 1. The Balaban J connectivity index is 4.08. The van der Waals surface area contributed by atoms with Gasteiger partial charge >= 0.3 is 5.97 Å². The first kappa shape index (κ1) is 15.9. The van der Waals surface area contributed by atoms with Crippen molar-refractivity contribution in [3.05, 3.63) is 0 Å². The van der Waals surface area contributed by atoms with Gasteiger partial charge in [0.2, 0.25) is 5.91 Å². The Kier molecular flexibility index (Phi) is 5.58. The second-order valence-electron chi connectivity index (χ2n) is 5.40. The van der Waals surface area contributed by atoms with Gasteiger partial charge in [0.05, 0.1) is 12.0 Å². The van der Waals surface area contributed by atoms with Crippen molar-refractivity contribution in [2.24, 2.45) is 5.41 Å². The minimum Gasteiger partial charge on any atom is -0.463 e.